The quantitative estimate of drug-likeness (QED) is 0.630. The SMILES string of the molecule is CCN1CCN(C(=O)C2CCN(c3nncc4cn(-c5ccc(C)cc5)nc34)CC2)CC1. The molecule has 8 nitrogen and oxygen atoms in total. The smallest absolute Gasteiger partial charge is 0.225 e. The van der Waals surface area contributed by atoms with Crippen LogP contribution >= 0.6 is 0 Å². The summed E-state index contributed by atoms with van der Waals surface area (Å²) >= 11 is 0. The standard InChI is InChI=1S/C24H31N7O/c1-3-28-12-14-30(15-13-28)24(32)19-8-10-29(11-9-19)23-22-20(16-25-26-23)17-31(27-22)21-6-4-18(2)5-7-21/h4-7,16-17,19H,3,8-15H2,1-2H3. The van der Waals surface area contributed by atoms with Crippen LogP contribution < -0.4 is 4.90 Å². The Morgan fingerprint density at radius 1 is 1.03 bits per heavy atom. The lowest BCUT2D eigenvalue weighted by Crippen LogP contribution is -2.51. The minimum atomic E-state index is 0.108. The number of fused-ring (bicyclic) bond motifs is 1. The van der Waals surface area contributed by atoms with Gasteiger partial charge >= 0.3 is 0 Å². The average molecular weight is 434 g/mol. The first-order chi connectivity index (χ1) is 15.6. The van der Waals surface area contributed by atoms with Crippen LogP contribution in [0.25, 0.3) is 16.6 Å². The van der Waals surface area contributed by atoms with Crippen LogP contribution in [0.3, 0.4) is 0 Å². The first-order valence-corrected chi connectivity index (χ1v) is 11.7. The molecule has 168 valence electrons. The Balaban J connectivity index is 1.28. The average Bonchev–Trinajstić information content (AvgIpc) is 3.29. The van der Waals surface area contributed by atoms with Crippen molar-refractivity contribution < 1.29 is 4.79 Å². The third-order valence-electron chi connectivity index (χ3n) is 6.88. The Kier molecular flexibility index (Phi) is 5.78. The molecule has 1 aromatic carbocycles. The fraction of sp³-hybridized carbons (Fsp3) is 0.500. The number of carbonyl (C=O) groups excluding carboxylic acids is 1. The van der Waals surface area contributed by atoms with Crippen molar-refractivity contribution >= 4 is 22.6 Å². The van der Waals surface area contributed by atoms with Crippen molar-refractivity contribution in [2.24, 2.45) is 5.92 Å². The van der Waals surface area contributed by atoms with Gasteiger partial charge in [-0.3, -0.25) is 4.79 Å². The molecule has 0 radical (unpaired) electrons. The molecule has 2 aliphatic heterocycles. The van der Waals surface area contributed by atoms with Crippen molar-refractivity contribution in [1.29, 1.82) is 0 Å². The fourth-order valence-corrected chi connectivity index (χ4v) is 4.77. The molecule has 0 saturated carbocycles. The number of aryl methyl sites for hydroxylation is 1. The molecule has 0 bridgehead atoms. The highest BCUT2D eigenvalue weighted by atomic mass is 16.2. The number of carbonyl (C=O) groups is 1. The summed E-state index contributed by atoms with van der Waals surface area (Å²) in [5.41, 5.74) is 3.10. The van der Waals surface area contributed by atoms with Crippen molar-refractivity contribution in [1.82, 2.24) is 29.8 Å². The summed E-state index contributed by atoms with van der Waals surface area (Å²) in [6.45, 7) is 10.6. The number of hydrogen-bond donors (Lipinski definition) is 0. The Hall–Kier alpha value is -3.00. The molecule has 0 aliphatic carbocycles. The number of nitrogens with zero attached hydrogens (tertiary/aromatic N) is 7. The second-order valence-electron chi connectivity index (χ2n) is 8.90. The highest BCUT2D eigenvalue weighted by molar-refractivity contribution is 5.88. The lowest BCUT2D eigenvalue weighted by molar-refractivity contribution is -0.137. The van der Waals surface area contributed by atoms with E-state index in [0.29, 0.717) is 5.91 Å². The lowest BCUT2D eigenvalue weighted by Gasteiger charge is -2.38. The number of piperazine rings is 1. The van der Waals surface area contributed by atoms with Gasteiger partial charge in [0.15, 0.2) is 5.82 Å². The van der Waals surface area contributed by atoms with Crippen molar-refractivity contribution in [2.75, 3.05) is 50.7 Å². The zero-order chi connectivity index (χ0) is 22.1. The van der Waals surface area contributed by atoms with Crippen LogP contribution in [0.1, 0.15) is 25.3 Å². The van der Waals surface area contributed by atoms with E-state index in [4.69, 9.17) is 5.10 Å². The largest absolute Gasteiger partial charge is 0.353 e. The Morgan fingerprint density at radius 3 is 2.44 bits per heavy atom. The maximum Gasteiger partial charge on any atom is 0.225 e. The second kappa shape index (κ2) is 8.86. The normalized spacial score (nSPS) is 18.4. The van der Waals surface area contributed by atoms with Crippen molar-refractivity contribution in [3.8, 4) is 5.69 Å². The van der Waals surface area contributed by atoms with E-state index >= 15 is 0 Å². The van der Waals surface area contributed by atoms with Gasteiger partial charge in [0.1, 0.15) is 5.52 Å². The summed E-state index contributed by atoms with van der Waals surface area (Å²) in [6, 6.07) is 8.31. The number of rotatable bonds is 4. The maximum atomic E-state index is 13.0. The first kappa shape index (κ1) is 20.9. The topological polar surface area (TPSA) is 70.4 Å². The van der Waals surface area contributed by atoms with E-state index in [2.05, 4.69) is 63.0 Å². The van der Waals surface area contributed by atoms with Crippen molar-refractivity contribution in [3.05, 3.63) is 42.2 Å². The van der Waals surface area contributed by atoms with Gasteiger partial charge in [-0.2, -0.15) is 10.2 Å². The monoisotopic (exact) mass is 433 g/mol. The Bertz CT molecular complexity index is 1080. The fourth-order valence-electron chi connectivity index (χ4n) is 4.77. The predicted octanol–water partition coefficient (Wildman–Crippen LogP) is 2.50. The van der Waals surface area contributed by atoms with E-state index in [9.17, 15) is 4.79 Å². The molecule has 2 aliphatic rings. The van der Waals surface area contributed by atoms with Crippen molar-refractivity contribution in [3.63, 3.8) is 0 Å². The van der Waals surface area contributed by atoms with E-state index < -0.39 is 0 Å². The maximum absolute atomic E-state index is 13.0. The second-order valence-corrected chi connectivity index (χ2v) is 8.90. The van der Waals surface area contributed by atoms with Gasteiger partial charge in [0, 0.05) is 56.8 Å². The molecule has 2 saturated heterocycles. The first-order valence-electron chi connectivity index (χ1n) is 11.7. The molecule has 0 unspecified atom stereocenters. The zero-order valence-corrected chi connectivity index (χ0v) is 18.9. The van der Waals surface area contributed by atoms with Gasteiger partial charge in [0.05, 0.1) is 11.9 Å². The molecule has 0 atom stereocenters. The van der Waals surface area contributed by atoms with Crippen molar-refractivity contribution in [2.45, 2.75) is 26.7 Å². The minimum Gasteiger partial charge on any atom is -0.353 e. The van der Waals surface area contributed by atoms with Gasteiger partial charge in [-0.15, -0.1) is 5.10 Å². The van der Waals surface area contributed by atoms with Crippen LogP contribution in [0.5, 0.6) is 0 Å². The molecule has 8 heteroatoms. The summed E-state index contributed by atoms with van der Waals surface area (Å²) in [5, 5.41) is 14.5. The molecule has 4 heterocycles. The highest BCUT2D eigenvalue weighted by Gasteiger charge is 2.31. The summed E-state index contributed by atoms with van der Waals surface area (Å²) in [7, 11) is 0. The molecular formula is C24H31N7O. The number of piperidine rings is 1. The molecule has 2 fully saturated rings. The van der Waals surface area contributed by atoms with Gasteiger partial charge in [0.2, 0.25) is 5.91 Å². The van der Waals surface area contributed by atoms with Crippen LogP contribution in [0.15, 0.2) is 36.7 Å². The molecule has 2 aromatic heterocycles. The highest BCUT2D eigenvalue weighted by Crippen LogP contribution is 2.28. The van der Waals surface area contributed by atoms with Gasteiger partial charge in [-0.1, -0.05) is 24.6 Å². The molecule has 0 spiro atoms. The molecule has 0 N–H and O–H groups in total. The summed E-state index contributed by atoms with van der Waals surface area (Å²) in [5.74, 6) is 1.25. The van der Waals surface area contributed by atoms with Crippen LogP contribution in [0.2, 0.25) is 0 Å². The van der Waals surface area contributed by atoms with E-state index in [1.807, 2.05) is 10.9 Å². The van der Waals surface area contributed by atoms with Crippen LogP contribution in [0, 0.1) is 12.8 Å². The van der Waals surface area contributed by atoms with Gasteiger partial charge in [-0.25, -0.2) is 4.68 Å². The Morgan fingerprint density at radius 2 is 1.75 bits per heavy atom. The van der Waals surface area contributed by atoms with E-state index in [1.165, 1.54) is 5.56 Å². The summed E-state index contributed by atoms with van der Waals surface area (Å²) in [4.78, 5) is 19.7. The van der Waals surface area contributed by atoms with E-state index in [-0.39, 0.29) is 5.92 Å². The third kappa shape index (κ3) is 4.07. The van der Waals surface area contributed by atoms with Gasteiger partial charge in [-0.05, 0) is 38.4 Å². The third-order valence-corrected chi connectivity index (χ3v) is 6.88. The number of benzene rings is 1. The molecule has 3 aromatic rings. The van der Waals surface area contributed by atoms with Gasteiger partial charge < -0.3 is 14.7 Å². The molecular weight excluding hydrogens is 402 g/mol. The number of aromatic nitrogens is 4. The summed E-state index contributed by atoms with van der Waals surface area (Å²) < 4.78 is 1.89. The number of likely N-dealkylation sites (N-methyl/N-ethyl adjacent to an activating group) is 1. The molecule has 5 rings (SSSR count). The van der Waals surface area contributed by atoms with E-state index in [1.54, 1.807) is 6.20 Å². The minimum absolute atomic E-state index is 0.108. The summed E-state index contributed by atoms with van der Waals surface area (Å²) in [6.07, 6.45) is 5.47. The molecule has 1 amide bonds. The number of amides is 1. The predicted molar refractivity (Wildman–Crippen MR) is 125 cm³/mol. The van der Waals surface area contributed by atoms with Crippen LogP contribution in [-0.2, 0) is 4.79 Å². The van der Waals surface area contributed by atoms with E-state index in [0.717, 1.165) is 81.1 Å². The Labute approximate surface area is 188 Å². The van der Waals surface area contributed by atoms with Crippen LogP contribution in [0.4, 0.5) is 5.82 Å². The molecule has 32 heavy (non-hydrogen) atoms. The zero-order valence-electron chi connectivity index (χ0n) is 18.9. The lowest BCUT2D eigenvalue weighted by atomic mass is 9.95. The van der Waals surface area contributed by atoms with Gasteiger partial charge in [0.25, 0.3) is 0 Å². The number of anilines is 1. The number of hydrogen-bond acceptors (Lipinski definition) is 6. The van der Waals surface area contributed by atoms with Crippen LogP contribution in [-0.4, -0.2) is 81.5 Å².